The van der Waals surface area contributed by atoms with Crippen LogP contribution in [0.15, 0.2) is 36.4 Å². The first-order valence-corrected chi connectivity index (χ1v) is 13.6. The average molecular weight is 540 g/mol. The Kier molecular flexibility index (Phi) is 8.54. The van der Waals surface area contributed by atoms with Crippen molar-refractivity contribution in [1.82, 2.24) is 4.90 Å². The van der Waals surface area contributed by atoms with Crippen molar-refractivity contribution in [2.75, 3.05) is 49.7 Å². The maximum Gasteiger partial charge on any atom is 0.259 e. The number of aryl methyl sites for hydroxylation is 2. The maximum atomic E-state index is 14.7. The van der Waals surface area contributed by atoms with Crippen LogP contribution >= 0.6 is 0 Å². The molecule has 2 N–H and O–H groups in total. The molecule has 2 atom stereocenters. The lowest BCUT2D eigenvalue weighted by atomic mass is 10.0. The van der Waals surface area contributed by atoms with Gasteiger partial charge in [0.1, 0.15) is 5.82 Å². The van der Waals surface area contributed by atoms with Gasteiger partial charge in [-0.1, -0.05) is 12.5 Å². The predicted octanol–water partition coefficient (Wildman–Crippen LogP) is 2.69. The minimum atomic E-state index is -1.75. The summed E-state index contributed by atoms with van der Waals surface area (Å²) < 4.78 is 25.6. The molecule has 2 aromatic carbocycles. The number of carbonyl (C=O) groups is 3. The van der Waals surface area contributed by atoms with E-state index in [0.717, 1.165) is 31.7 Å². The van der Waals surface area contributed by atoms with Crippen LogP contribution < -0.4 is 10.2 Å². The van der Waals surface area contributed by atoms with Crippen LogP contribution in [0.4, 0.5) is 15.8 Å². The number of benzene rings is 2. The molecule has 39 heavy (non-hydrogen) atoms. The van der Waals surface area contributed by atoms with Gasteiger partial charge in [-0.2, -0.15) is 0 Å². The van der Waals surface area contributed by atoms with Gasteiger partial charge in [0, 0.05) is 37.6 Å². The SMILES string of the molecule is O=C(Nc1ccc2c(c1)CCCCC2)C(O)C1OCCN(c2ccc(F)c(C(=O)N3CCCOCC3)c2)C1=O. The number of nitrogens with one attached hydrogen (secondary N) is 1. The Labute approximate surface area is 226 Å². The number of hydrogen-bond acceptors (Lipinski definition) is 6. The van der Waals surface area contributed by atoms with Crippen molar-refractivity contribution in [1.29, 1.82) is 0 Å². The van der Waals surface area contributed by atoms with E-state index in [1.807, 2.05) is 12.1 Å². The Hall–Kier alpha value is -3.34. The second-order valence-corrected chi connectivity index (χ2v) is 10.2. The molecule has 0 bridgehead atoms. The normalized spacial score (nSPS) is 21.0. The molecule has 5 rings (SSSR count). The summed E-state index contributed by atoms with van der Waals surface area (Å²) in [6.07, 6.45) is 2.82. The largest absolute Gasteiger partial charge is 0.380 e. The molecule has 2 aliphatic heterocycles. The number of anilines is 2. The van der Waals surface area contributed by atoms with E-state index < -0.39 is 35.7 Å². The molecule has 9 nitrogen and oxygen atoms in total. The van der Waals surface area contributed by atoms with Crippen LogP contribution in [0.5, 0.6) is 0 Å². The minimum Gasteiger partial charge on any atom is -0.380 e. The Bertz CT molecular complexity index is 1230. The van der Waals surface area contributed by atoms with Crippen LogP contribution in [0.3, 0.4) is 0 Å². The summed E-state index contributed by atoms with van der Waals surface area (Å²) in [5, 5.41) is 13.5. The third-order valence-corrected chi connectivity index (χ3v) is 7.54. The number of ether oxygens (including phenoxy) is 2. The van der Waals surface area contributed by atoms with Crippen LogP contribution in [0.25, 0.3) is 0 Å². The number of aliphatic hydroxyl groups excluding tert-OH is 1. The van der Waals surface area contributed by atoms with Gasteiger partial charge in [-0.15, -0.1) is 0 Å². The lowest BCUT2D eigenvalue weighted by Gasteiger charge is -2.34. The molecule has 0 radical (unpaired) electrons. The smallest absolute Gasteiger partial charge is 0.259 e. The number of carbonyl (C=O) groups excluding carboxylic acids is 3. The first-order chi connectivity index (χ1) is 18.9. The van der Waals surface area contributed by atoms with Crippen molar-refractivity contribution >= 4 is 29.1 Å². The van der Waals surface area contributed by atoms with Gasteiger partial charge in [-0.05, 0) is 73.6 Å². The molecular formula is C29H34FN3O6. The zero-order chi connectivity index (χ0) is 27.4. The van der Waals surface area contributed by atoms with Crippen LogP contribution in [0.1, 0.15) is 47.2 Å². The summed E-state index contributed by atoms with van der Waals surface area (Å²) in [6, 6.07) is 9.62. The van der Waals surface area contributed by atoms with Crippen molar-refractivity contribution in [2.45, 2.75) is 50.7 Å². The minimum absolute atomic E-state index is 0.0592. The third-order valence-electron chi connectivity index (χ3n) is 7.54. The van der Waals surface area contributed by atoms with Crippen molar-refractivity contribution in [2.24, 2.45) is 0 Å². The highest BCUT2D eigenvalue weighted by atomic mass is 19.1. The number of nitrogens with zero attached hydrogens (tertiary/aromatic N) is 2. The number of amides is 3. The summed E-state index contributed by atoms with van der Waals surface area (Å²) in [6.45, 7) is 1.91. The number of morpholine rings is 1. The molecule has 2 saturated heterocycles. The van der Waals surface area contributed by atoms with Gasteiger partial charge in [0.05, 0.1) is 18.8 Å². The second kappa shape index (κ2) is 12.2. The van der Waals surface area contributed by atoms with Gasteiger partial charge in [0.25, 0.3) is 17.7 Å². The number of hydrogen-bond donors (Lipinski definition) is 2. The first-order valence-electron chi connectivity index (χ1n) is 13.6. The Morgan fingerprint density at radius 2 is 1.77 bits per heavy atom. The van der Waals surface area contributed by atoms with Crippen LogP contribution in [-0.4, -0.2) is 79.4 Å². The quantitative estimate of drug-likeness (QED) is 0.566. The fourth-order valence-corrected chi connectivity index (χ4v) is 5.39. The van der Waals surface area contributed by atoms with Crippen LogP contribution in [0, 0.1) is 5.82 Å². The van der Waals surface area contributed by atoms with E-state index >= 15 is 0 Å². The zero-order valence-corrected chi connectivity index (χ0v) is 21.9. The summed E-state index contributed by atoms with van der Waals surface area (Å²) in [4.78, 5) is 42.1. The summed E-state index contributed by atoms with van der Waals surface area (Å²) in [7, 11) is 0. The van der Waals surface area contributed by atoms with Gasteiger partial charge in [-0.25, -0.2) is 4.39 Å². The highest BCUT2D eigenvalue weighted by Gasteiger charge is 2.39. The fourth-order valence-electron chi connectivity index (χ4n) is 5.39. The summed E-state index contributed by atoms with van der Waals surface area (Å²) in [5.74, 6) is -2.55. The molecule has 3 aliphatic rings. The summed E-state index contributed by atoms with van der Waals surface area (Å²) >= 11 is 0. The Morgan fingerprint density at radius 3 is 2.62 bits per heavy atom. The zero-order valence-electron chi connectivity index (χ0n) is 21.9. The fraction of sp³-hybridized carbons (Fsp3) is 0.483. The number of aliphatic hydroxyl groups is 1. The molecule has 0 saturated carbocycles. The predicted molar refractivity (Wildman–Crippen MR) is 142 cm³/mol. The second-order valence-electron chi connectivity index (χ2n) is 10.2. The lowest BCUT2D eigenvalue weighted by molar-refractivity contribution is -0.150. The summed E-state index contributed by atoms with van der Waals surface area (Å²) in [5.41, 5.74) is 3.16. The molecule has 2 aromatic rings. The molecule has 208 valence electrons. The number of rotatable bonds is 5. The van der Waals surface area contributed by atoms with E-state index in [2.05, 4.69) is 5.32 Å². The van der Waals surface area contributed by atoms with E-state index in [1.54, 1.807) is 6.07 Å². The van der Waals surface area contributed by atoms with Gasteiger partial charge in [0.15, 0.2) is 12.2 Å². The van der Waals surface area contributed by atoms with Crippen molar-refractivity contribution in [3.05, 3.63) is 58.9 Å². The molecular weight excluding hydrogens is 505 g/mol. The van der Waals surface area contributed by atoms with Gasteiger partial charge in [-0.3, -0.25) is 14.4 Å². The van der Waals surface area contributed by atoms with E-state index in [9.17, 15) is 23.9 Å². The first kappa shape index (κ1) is 27.2. The van der Waals surface area contributed by atoms with E-state index in [4.69, 9.17) is 9.47 Å². The van der Waals surface area contributed by atoms with Crippen LogP contribution in [0.2, 0.25) is 0 Å². The number of halogens is 1. The molecule has 2 fully saturated rings. The van der Waals surface area contributed by atoms with Crippen LogP contribution in [-0.2, 0) is 31.9 Å². The molecule has 1 aliphatic carbocycles. The molecule has 2 unspecified atom stereocenters. The Morgan fingerprint density at radius 1 is 0.949 bits per heavy atom. The topological polar surface area (TPSA) is 108 Å². The van der Waals surface area contributed by atoms with Gasteiger partial charge >= 0.3 is 0 Å². The van der Waals surface area contributed by atoms with Crippen molar-refractivity contribution < 1.29 is 33.4 Å². The molecule has 2 heterocycles. The third kappa shape index (κ3) is 6.13. The van der Waals surface area contributed by atoms with E-state index in [-0.39, 0.29) is 18.7 Å². The van der Waals surface area contributed by atoms with E-state index in [0.29, 0.717) is 44.1 Å². The van der Waals surface area contributed by atoms with Crippen molar-refractivity contribution in [3.8, 4) is 0 Å². The van der Waals surface area contributed by atoms with Gasteiger partial charge < -0.3 is 29.7 Å². The average Bonchev–Trinajstić information content (AvgIpc) is 3.36. The van der Waals surface area contributed by atoms with E-state index in [1.165, 1.54) is 39.5 Å². The molecule has 10 heteroatoms. The molecule has 0 spiro atoms. The lowest BCUT2D eigenvalue weighted by Crippen LogP contribution is -2.55. The maximum absolute atomic E-state index is 14.7. The highest BCUT2D eigenvalue weighted by molar-refractivity contribution is 6.04. The molecule has 0 aromatic heterocycles. The number of fused-ring (bicyclic) bond motifs is 1. The molecule has 3 amide bonds. The highest BCUT2D eigenvalue weighted by Crippen LogP contribution is 2.26. The standard InChI is InChI=1S/C29H34FN3O6/c30-24-10-9-22(18-23(24)28(36)32-11-4-14-38-15-12-32)33-13-16-39-26(29(33)37)25(34)27(35)31-21-8-7-19-5-2-1-3-6-20(19)17-21/h7-10,17-18,25-26,34H,1-6,11-16H2,(H,31,35). The van der Waals surface area contributed by atoms with Gasteiger partial charge in [0.2, 0.25) is 0 Å². The monoisotopic (exact) mass is 539 g/mol. The van der Waals surface area contributed by atoms with Crippen molar-refractivity contribution in [3.63, 3.8) is 0 Å². The Balaban J connectivity index is 1.28.